The molecule has 4 nitrogen and oxygen atoms in total. The Morgan fingerprint density at radius 2 is 0.929 bits per heavy atom. The molecule has 0 aliphatic heterocycles. The van der Waals surface area contributed by atoms with Gasteiger partial charge in [0, 0.05) is 40.4 Å². The maximum atomic E-state index is 9.43. The number of hydrogen-bond acceptors (Lipinski definition) is 4. The number of para-hydroxylation sites is 1. The Bertz CT molecular complexity index is 3120. The summed E-state index contributed by atoms with van der Waals surface area (Å²) in [6.45, 7) is 0. The number of pyridine rings is 3. The molecule has 0 saturated heterocycles. The van der Waals surface area contributed by atoms with Crippen LogP contribution in [0.1, 0.15) is 49.8 Å². The molecule has 9 rings (SSSR count). The van der Waals surface area contributed by atoms with Gasteiger partial charge in [-0.05, 0) is 94.8 Å². The van der Waals surface area contributed by atoms with Crippen molar-refractivity contribution in [1.29, 1.82) is 0 Å². The molecule has 0 spiro atoms. The van der Waals surface area contributed by atoms with Gasteiger partial charge in [0.25, 0.3) is 0 Å². The SMILES string of the molecule is [2H]C([2H])(c1ccc(-c2[c-]cccc2)nc1)C([2H])([2H])c1cc(C([2H])([2H])C([2H])([2H])c2ccc(-c3[c-]cccc3)nc2)cc(C([2H])([2H])C([2H])([2H])c2ccc(-c3[c-]ccc4c3oc3ccccc34)nc2)c1.[Ir+3]. The van der Waals surface area contributed by atoms with E-state index in [4.69, 9.17) is 4.42 Å². The molecule has 5 heteroatoms. The molecule has 0 unspecified atom stereocenters. The molecule has 9 aromatic rings. The molecule has 0 bridgehead atoms. The summed E-state index contributed by atoms with van der Waals surface area (Å²) in [4.78, 5) is 13.2. The van der Waals surface area contributed by atoms with Crippen molar-refractivity contribution in [2.75, 3.05) is 0 Å². The van der Waals surface area contributed by atoms with Crippen LogP contribution in [0.3, 0.4) is 0 Å². The van der Waals surface area contributed by atoms with E-state index >= 15 is 0 Å². The molecule has 0 aliphatic rings. The van der Waals surface area contributed by atoms with Crippen molar-refractivity contribution in [3.8, 4) is 33.8 Å². The summed E-state index contributed by atoms with van der Waals surface area (Å²) in [6.07, 6.45) is -14.4. The summed E-state index contributed by atoms with van der Waals surface area (Å²) in [5.41, 5.74) is 1.88. The van der Waals surface area contributed by atoms with Crippen LogP contribution in [0.4, 0.5) is 0 Å². The molecule has 0 fully saturated rings. The zero-order valence-corrected chi connectivity index (χ0v) is 32.0. The number of furan rings is 1. The molecule has 4 aromatic heterocycles. The van der Waals surface area contributed by atoms with E-state index < -0.39 is 54.9 Å². The van der Waals surface area contributed by atoms with E-state index in [9.17, 15) is 16.4 Å². The van der Waals surface area contributed by atoms with Gasteiger partial charge < -0.3 is 19.4 Å². The first-order valence-electron chi connectivity index (χ1n) is 23.6. The Labute approximate surface area is 358 Å². The monoisotopic (exact) mass is 913 g/mol. The van der Waals surface area contributed by atoms with Crippen LogP contribution in [0.2, 0.25) is 0 Å². The van der Waals surface area contributed by atoms with Crippen molar-refractivity contribution >= 4 is 21.9 Å². The number of benzene rings is 5. The second kappa shape index (κ2) is 17.2. The third kappa shape index (κ3) is 8.45. The van der Waals surface area contributed by atoms with Crippen LogP contribution in [0, 0.1) is 18.2 Å². The molecule has 0 radical (unpaired) electrons. The summed E-state index contributed by atoms with van der Waals surface area (Å²) < 4.78 is 118. The summed E-state index contributed by atoms with van der Waals surface area (Å²) in [5.74, 6) is 0. The third-order valence-electron chi connectivity index (χ3n) is 8.84. The van der Waals surface area contributed by atoms with Gasteiger partial charge in [-0.3, -0.25) is 0 Å². The van der Waals surface area contributed by atoms with Crippen LogP contribution < -0.4 is 0 Å². The summed E-state index contributed by atoms with van der Waals surface area (Å²) >= 11 is 0. The van der Waals surface area contributed by atoms with Crippen LogP contribution >= 0.6 is 0 Å². The van der Waals surface area contributed by atoms with Crippen molar-refractivity contribution in [3.63, 3.8) is 0 Å². The Hall–Kier alpha value is -6.00. The van der Waals surface area contributed by atoms with E-state index in [1.54, 1.807) is 54.6 Å². The standard InChI is InChI=1S/C51H38N3O.Ir/c1-3-10-42(11-4-1)47-27-24-36(33-52-47)18-21-39-30-40(22-19-37-25-28-48(53-34-37)43-12-5-2-6-13-43)32-41(31-39)23-20-38-26-29-49(54-35-38)46-16-9-15-45-44-14-7-8-17-50(44)55-51(45)46;/h1-10,12,14-15,17,24-35H,18-23H2;/q-3;+3/i18D2,19D2,20D2,21D2,22D2,23D2;. The zero-order valence-electron chi connectivity index (χ0n) is 41.6. The maximum Gasteiger partial charge on any atom is 3.00 e. The van der Waals surface area contributed by atoms with Gasteiger partial charge in [0.05, 0.1) is 5.58 Å². The first kappa shape index (κ1) is 25.2. The normalized spacial score (nSPS) is 15.9. The molecule has 0 N–H and O–H groups in total. The van der Waals surface area contributed by atoms with Crippen LogP contribution in [0.5, 0.6) is 0 Å². The Morgan fingerprint density at radius 1 is 0.446 bits per heavy atom. The van der Waals surface area contributed by atoms with Gasteiger partial charge in [-0.25, -0.2) is 0 Å². The fourth-order valence-corrected chi connectivity index (χ4v) is 6.13. The van der Waals surface area contributed by atoms with Gasteiger partial charge in [-0.1, -0.05) is 83.7 Å². The fraction of sp³-hybridized carbons (Fsp3) is 0.118. The van der Waals surface area contributed by atoms with E-state index in [1.165, 1.54) is 55.0 Å². The van der Waals surface area contributed by atoms with Crippen molar-refractivity contribution in [3.05, 3.63) is 210 Å². The molecule has 272 valence electrons. The Balaban J connectivity index is 0.00000625. The van der Waals surface area contributed by atoms with Gasteiger partial charge in [-0.2, -0.15) is 0 Å². The number of rotatable bonds is 12. The summed E-state index contributed by atoms with van der Waals surface area (Å²) in [6, 6.07) is 45.9. The van der Waals surface area contributed by atoms with Crippen molar-refractivity contribution in [2.45, 2.75) is 38.2 Å². The molecule has 0 aliphatic carbocycles. The van der Waals surface area contributed by atoms with E-state index in [0.29, 0.717) is 44.9 Å². The van der Waals surface area contributed by atoms with E-state index in [-0.39, 0.29) is 36.8 Å². The minimum atomic E-state index is -3.10. The second-order valence-corrected chi connectivity index (χ2v) is 12.6. The Morgan fingerprint density at radius 3 is 1.41 bits per heavy atom. The minimum Gasteiger partial charge on any atom is -0.501 e. The smallest absolute Gasteiger partial charge is 0.501 e. The van der Waals surface area contributed by atoms with Crippen molar-refractivity contribution in [2.24, 2.45) is 0 Å². The van der Waals surface area contributed by atoms with Gasteiger partial charge in [-0.15, -0.1) is 90.0 Å². The average Bonchev–Trinajstić information content (AvgIpc) is 3.73. The van der Waals surface area contributed by atoms with Crippen LogP contribution in [0.25, 0.3) is 55.7 Å². The minimum absolute atomic E-state index is 0. The molecular weight excluding hydrogens is 863 g/mol. The predicted molar refractivity (Wildman–Crippen MR) is 221 cm³/mol. The number of hydrogen-bond donors (Lipinski definition) is 0. The first-order chi connectivity index (χ1) is 31.7. The van der Waals surface area contributed by atoms with Crippen LogP contribution in [0.15, 0.2) is 163 Å². The number of aryl methyl sites for hydroxylation is 6. The fourth-order valence-electron chi connectivity index (χ4n) is 6.13. The first-order valence-corrected chi connectivity index (χ1v) is 17.6. The molecule has 5 aromatic carbocycles. The van der Waals surface area contributed by atoms with Crippen LogP contribution in [-0.4, -0.2) is 15.0 Å². The molecular formula is C51H38IrN3O. The van der Waals surface area contributed by atoms with E-state index in [1.807, 2.05) is 30.3 Å². The summed E-state index contributed by atoms with van der Waals surface area (Å²) in [7, 11) is 0. The van der Waals surface area contributed by atoms with Crippen molar-refractivity contribution < 1.29 is 41.0 Å². The topological polar surface area (TPSA) is 51.8 Å². The molecule has 0 amide bonds. The van der Waals surface area contributed by atoms with Gasteiger partial charge >= 0.3 is 20.1 Å². The largest absolute Gasteiger partial charge is 3.00 e. The molecule has 0 saturated carbocycles. The van der Waals surface area contributed by atoms with Crippen LogP contribution in [-0.2, 0) is 58.3 Å². The molecule has 0 atom stereocenters. The predicted octanol–water partition coefficient (Wildman–Crippen LogP) is 11.5. The quantitative estimate of drug-likeness (QED) is 0.115. The molecule has 4 heterocycles. The zero-order chi connectivity index (χ0) is 47.6. The summed E-state index contributed by atoms with van der Waals surface area (Å²) in [5, 5.41) is 1.71. The van der Waals surface area contributed by atoms with Gasteiger partial charge in [0.15, 0.2) is 0 Å². The van der Waals surface area contributed by atoms with Gasteiger partial charge in [0.2, 0.25) is 0 Å². The molecule has 56 heavy (non-hydrogen) atoms. The number of fused-ring (bicyclic) bond motifs is 3. The van der Waals surface area contributed by atoms with E-state index in [0.717, 1.165) is 29.0 Å². The third-order valence-corrected chi connectivity index (χ3v) is 8.84. The number of aromatic nitrogens is 3. The van der Waals surface area contributed by atoms with E-state index in [2.05, 4.69) is 33.2 Å². The number of nitrogens with zero attached hydrogens (tertiary/aromatic N) is 3. The average molecular weight is 913 g/mol. The Kier molecular flexibility index (Phi) is 7.75. The maximum absolute atomic E-state index is 9.43. The second-order valence-electron chi connectivity index (χ2n) is 12.6. The van der Waals surface area contributed by atoms with Crippen molar-refractivity contribution in [1.82, 2.24) is 15.0 Å². The van der Waals surface area contributed by atoms with Gasteiger partial charge in [0.1, 0.15) is 5.58 Å².